The van der Waals surface area contributed by atoms with Gasteiger partial charge in [-0.3, -0.25) is 4.79 Å². The topological polar surface area (TPSA) is 76.6 Å². The maximum Gasteiger partial charge on any atom is 0.265 e. The number of carbonyl (C=O) groups excluding carboxylic acids is 1. The summed E-state index contributed by atoms with van der Waals surface area (Å²) in [5, 5.41) is 2.86. The Morgan fingerprint density at radius 1 is 1.24 bits per heavy atom. The van der Waals surface area contributed by atoms with Crippen LogP contribution in [-0.2, 0) is 9.84 Å². The van der Waals surface area contributed by atoms with Crippen molar-refractivity contribution >= 4 is 38.4 Å². The van der Waals surface area contributed by atoms with Gasteiger partial charge in [-0.25, -0.2) is 13.4 Å². The molecule has 0 radical (unpaired) electrons. The van der Waals surface area contributed by atoms with Gasteiger partial charge >= 0.3 is 0 Å². The monoisotopic (exact) mass is 450 g/mol. The van der Waals surface area contributed by atoms with Crippen LogP contribution in [0, 0.1) is 6.92 Å². The summed E-state index contributed by atoms with van der Waals surface area (Å²) < 4.78 is 28.9. The molecule has 0 saturated carbocycles. The molecule has 6 nitrogen and oxygen atoms in total. The maximum absolute atomic E-state index is 12.8. The molecule has 2 heterocycles. The van der Waals surface area contributed by atoms with E-state index in [-0.39, 0.29) is 10.8 Å². The number of hydrogen-bond donors (Lipinski definition) is 0. The van der Waals surface area contributed by atoms with Crippen LogP contribution in [0.3, 0.4) is 0 Å². The SMILES string of the molecule is Cc1nc(-c2cccs2)sc1C(=O)N(C)CCCOc1cccc(S(C)(=O)=O)c1. The number of rotatable bonds is 8. The van der Waals surface area contributed by atoms with Crippen molar-refractivity contribution in [3.8, 4) is 15.6 Å². The predicted molar refractivity (Wildman–Crippen MR) is 117 cm³/mol. The second-order valence-electron chi connectivity index (χ2n) is 6.59. The van der Waals surface area contributed by atoms with Gasteiger partial charge in [0, 0.05) is 19.8 Å². The van der Waals surface area contributed by atoms with Gasteiger partial charge in [0.1, 0.15) is 15.6 Å². The zero-order chi connectivity index (χ0) is 21.0. The molecule has 0 aliphatic carbocycles. The molecule has 3 aromatic rings. The Balaban J connectivity index is 1.54. The van der Waals surface area contributed by atoms with Gasteiger partial charge in [-0.05, 0) is 43.0 Å². The molecule has 0 spiro atoms. The van der Waals surface area contributed by atoms with Crippen molar-refractivity contribution in [3.63, 3.8) is 0 Å². The predicted octanol–water partition coefficient (Wildman–Crippen LogP) is 4.12. The fourth-order valence-corrected chi connectivity index (χ4v) is 5.18. The highest BCUT2D eigenvalue weighted by atomic mass is 32.2. The number of amides is 1. The third-order valence-corrected chi connectivity index (χ3v) is 7.50. The fraction of sp³-hybridized carbons (Fsp3) is 0.300. The van der Waals surface area contributed by atoms with E-state index in [0.29, 0.717) is 30.2 Å². The van der Waals surface area contributed by atoms with Crippen LogP contribution < -0.4 is 4.74 Å². The van der Waals surface area contributed by atoms with E-state index in [1.165, 1.54) is 23.5 Å². The summed E-state index contributed by atoms with van der Waals surface area (Å²) in [5.41, 5.74) is 0.740. The molecule has 154 valence electrons. The second-order valence-corrected chi connectivity index (χ2v) is 10.5. The first-order chi connectivity index (χ1) is 13.8. The lowest BCUT2D eigenvalue weighted by Crippen LogP contribution is -2.28. The quantitative estimate of drug-likeness (QED) is 0.483. The first kappa shape index (κ1) is 21.5. The Morgan fingerprint density at radius 3 is 2.72 bits per heavy atom. The van der Waals surface area contributed by atoms with Gasteiger partial charge in [0.15, 0.2) is 9.84 Å². The summed E-state index contributed by atoms with van der Waals surface area (Å²) in [6.45, 7) is 2.76. The van der Waals surface area contributed by atoms with E-state index in [2.05, 4.69) is 4.98 Å². The van der Waals surface area contributed by atoms with E-state index in [9.17, 15) is 13.2 Å². The lowest BCUT2D eigenvalue weighted by atomic mass is 10.3. The molecule has 0 unspecified atom stereocenters. The second kappa shape index (κ2) is 9.06. The average molecular weight is 451 g/mol. The number of thiazole rings is 1. The number of carbonyl (C=O) groups is 1. The Kier molecular flexibility index (Phi) is 6.71. The van der Waals surface area contributed by atoms with Gasteiger partial charge in [-0.15, -0.1) is 22.7 Å². The van der Waals surface area contributed by atoms with Crippen molar-refractivity contribution in [1.29, 1.82) is 0 Å². The Hall–Kier alpha value is -2.23. The van der Waals surface area contributed by atoms with Crippen molar-refractivity contribution in [3.05, 3.63) is 52.3 Å². The van der Waals surface area contributed by atoms with Gasteiger partial charge in [-0.1, -0.05) is 12.1 Å². The normalized spacial score (nSPS) is 11.4. The number of benzene rings is 1. The minimum atomic E-state index is -3.27. The molecule has 2 aromatic heterocycles. The van der Waals surface area contributed by atoms with Crippen molar-refractivity contribution in [2.45, 2.75) is 18.2 Å². The minimum absolute atomic E-state index is 0.0538. The number of nitrogens with zero attached hydrogens (tertiary/aromatic N) is 2. The van der Waals surface area contributed by atoms with Crippen molar-refractivity contribution in [2.24, 2.45) is 0 Å². The summed E-state index contributed by atoms with van der Waals surface area (Å²) in [6, 6.07) is 10.4. The first-order valence-corrected chi connectivity index (χ1v) is 12.5. The smallest absolute Gasteiger partial charge is 0.265 e. The molecule has 3 rings (SSSR count). The molecule has 0 fully saturated rings. The number of aromatic nitrogens is 1. The highest BCUT2D eigenvalue weighted by molar-refractivity contribution is 7.90. The third kappa shape index (κ3) is 5.43. The highest BCUT2D eigenvalue weighted by Gasteiger charge is 2.19. The molecule has 29 heavy (non-hydrogen) atoms. The average Bonchev–Trinajstić information content (AvgIpc) is 3.33. The Labute approximate surface area is 178 Å². The fourth-order valence-electron chi connectivity index (χ4n) is 2.66. The number of thiophene rings is 1. The van der Waals surface area contributed by atoms with Gasteiger partial charge in [-0.2, -0.15) is 0 Å². The van der Waals surface area contributed by atoms with Gasteiger partial charge < -0.3 is 9.64 Å². The number of hydrogen-bond acceptors (Lipinski definition) is 7. The van der Waals surface area contributed by atoms with Crippen molar-refractivity contribution in [2.75, 3.05) is 26.5 Å². The van der Waals surface area contributed by atoms with Crippen LogP contribution in [0.1, 0.15) is 21.8 Å². The Morgan fingerprint density at radius 2 is 2.03 bits per heavy atom. The van der Waals surface area contributed by atoms with Crippen LogP contribution in [0.15, 0.2) is 46.7 Å². The third-order valence-electron chi connectivity index (χ3n) is 4.21. The van der Waals surface area contributed by atoms with E-state index in [1.54, 1.807) is 35.4 Å². The molecule has 1 amide bonds. The molecule has 0 aliphatic heterocycles. The molecular weight excluding hydrogens is 428 g/mol. The van der Waals surface area contributed by atoms with Gasteiger partial charge in [0.2, 0.25) is 0 Å². The Bertz CT molecular complexity index is 1090. The van der Waals surface area contributed by atoms with E-state index < -0.39 is 9.84 Å². The lowest BCUT2D eigenvalue weighted by molar-refractivity contribution is 0.0791. The maximum atomic E-state index is 12.8. The summed E-state index contributed by atoms with van der Waals surface area (Å²) in [7, 11) is -1.51. The van der Waals surface area contributed by atoms with Crippen LogP contribution in [0.2, 0.25) is 0 Å². The molecular formula is C20H22N2O4S3. The first-order valence-electron chi connectivity index (χ1n) is 8.95. The van der Waals surface area contributed by atoms with Crippen LogP contribution in [-0.4, -0.2) is 50.7 Å². The molecule has 0 atom stereocenters. The molecule has 0 bridgehead atoms. The number of ether oxygens (including phenoxy) is 1. The minimum Gasteiger partial charge on any atom is -0.493 e. The molecule has 0 saturated heterocycles. The summed E-state index contributed by atoms with van der Waals surface area (Å²) in [5.74, 6) is 0.447. The standard InChI is InChI=1S/C20H22N2O4S3/c1-14-18(28-19(21-14)17-9-5-12-27-17)20(23)22(2)10-6-11-26-15-7-4-8-16(13-15)29(3,24)25/h4-5,7-9,12-13H,6,10-11H2,1-3H3. The zero-order valence-electron chi connectivity index (χ0n) is 16.4. The van der Waals surface area contributed by atoms with Gasteiger partial charge in [0.05, 0.1) is 22.1 Å². The largest absolute Gasteiger partial charge is 0.493 e. The van der Waals surface area contributed by atoms with Gasteiger partial charge in [0.25, 0.3) is 5.91 Å². The molecule has 9 heteroatoms. The number of sulfone groups is 1. The van der Waals surface area contributed by atoms with Crippen molar-refractivity contribution < 1.29 is 17.9 Å². The van der Waals surface area contributed by atoms with Crippen LogP contribution in [0.4, 0.5) is 0 Å². The lowest BCUT2D eigenvalue weighted by Gasteiger charge is -2.16. The van der Waals surface area contributed by atoms with E-state index >= 15 is 0 Å². The van der Waals surface area contributed by atoms with Crippen LogP contribution in [0.25, 0.3) is 9.88 Å². The number of aryl methyl sites for hydroxylation is 1. The summed E-state index contributed by atoms with van der Waals surface area (Å²) in [6.07, 6.45) is 1.79. The van der Waals surface area contributed by atoms with E-state index in [1.807, 2.05) is 24.4 Å². The van der Waals surface area contributed by atoms with Crippen molar-refractivity contribution in [1.82, 2.24) is 9.88 Å². The van der Waals surface area contributed by atoms with Crippen LogP contribution >= 0.6 is 22.7 Å². The zero-order valence-corrected chi connectivity index (χ0v) is 18.9. The highest BCUT2D eigenvalue weighted by Crippen LogP contribution is 2.31. The summed E-state index contributed by atoms with van der Waals surface area (Å²) >= 11 is 3.02. The van der Waals surface area contributed by atoms with Crippen LogP contribution in [0.5, 0.6) is 5.75 Å². The molecule has 1 aromatic carbocycles. The molecule has 0 N–H and O–H groups in total. The van der Waals surface area contributed by atoms with E-state index in [4.69, 9.17) is 4.74 Å². The van der Waals surface area contributed by atoms with E-state index in [0.717, 1.165) is 21.8 Å². The molecule has 0 aliphatic rings. The summed E-state index contributed by atoms with van der Waals surface area (Å²) in [4.78, 5) is 20.9.